The molecule has 1 saturated heterocycles. The topological polar surface area (TPSA) is 67.9 Å². The minimum Gasteiger partial charge on any atom is -0.495 e. The number of methoxy groups -OCH3 is 1. The molecule has 21 heavy (non-hydrogen) atoms. The van der Waals surface area contributed by atoms with Gasteiger partial charge in [-0.2, -0.15) is 0 Å². The number of nitrogens with one attached hydrogen (secondary N) is 1. The molecule has 1 aliphatic heterocycles. The Morgan fingerprint density at radius 2 is 2.29 bits per heavy atom. The number of cyclic esters (lactones) is 1. The second-order valence-electron chi connectivity index (χ2n) is 4.70. The number of rotatable bonds is 5. The maximum atomic E-state index is 12.0. The second-order valence-corrected chi connectivity index (χ2v) is 5.62. The van der Waals surface area contributed by atoms with Crippen LogP contribution in [-0.2, 0) is 9.53 Å². The molecule has 0 radical (unpaired) electrons. The summed E-state index contributed by atoms with van der Waals surface area (Å²) in [5.74, 6) is 0.425. The molecular weight excluding hydrogens is 340 g/mol. The SMILES string of the molecule is COc1cc(Br)cc(C)c1NC(=O)CCN1CCOC1=O. The normalized spacial score (nSPS) is 14.0. The average molecular weight is 357 g/mol. The summed E-state index contributed by atoms with van der Waals surface area (Å²) < 4.78 is 11.0. The van der Waals surface area contributed by atoms with Gasteiger partial charge in [0.2, 0.25) is 5.91 Å². The van der Waals surface area contributed by atoms with Gasteiger partial charge in [-0.3, -0.25) is 4.79 Å². The van der Waals surface area contributed by atoms with Crippen LogP contribution in [0.1, 0.15) is 12.0 Å². The van der Waals surface area contributed by atoms with E-state index in [1.165, 1.54) is 4.90 Å². The smallest absolute Gasteiger partial charge is 0.409 e. The standard InChI is InChI=1S/C14H17BrN2O4/c1-9-7-10(15)8-11(20-2)13(9)16-12(18)3-4-17-5-6-21-14(17)19/h7-8H,3-6H2,1-2H3,(H,16,18). The third-order valence-corrected chi connectivity index (χ3v) is 3.66. The lowest BCUT2D eigenvalue weighted by molar-refractivity contribution is -0.116. The lowest BCUT2D eigenvalue weighted by Gasteiger charge is -2.15. The first-order chi connectivity index (χ1) is 10.0. The van der Waals surface area contributed by atoms with Crippen LogP contribution in [0.2, 0.25) is 0 Å². The monoisotopic (exact) mass is 356 g/mol. The number of nitrogens with zero attached hydrogens (tertiary/aromatic N) is 1. The van der Waals surface area contributed by atoms with Crippen LogP contribution in [0.5, 0.6) is 5.75 Å². The molecule has 1 aromatic rings. The fraction of sp³-hybridized carbons (Fsp3) is 0.429. The summed E-state index contributed by atoms with van der Waals surface area (Å²) >= 11 is 3.39. The van der Waals surface area contributed by atoms with Crippen LogP contribution in [0.4, 0.5) is 10.5 Å². The van der Waals surface area contributed by atoms with E-state index in [4.69, 9.17) is 9.47 Å². The highest BCUT2D eigenvalue weighted by Crippen LogP contribution is 2.32. The van der Waals surface area contributed by atoms with Crippen LogP contribution in [0.15, 0.2) is 16.6 Å². The van der Waals surface area contributed by atoms with Crippen LogP contribution in [0, 0.1) is 6.92 Å². The van der Waals surface area contributed by atoms with Crippen molar-refractivity contribution in [2.45, 2.75) is 13.3 Å². The summed E-state index contributed by atoms with van der Waals surface area (Å²) in [6.07, 6.45) is -0.145. The Bertz CT molecular complexity index is 562. The largest absolute Gasteiger partial charge is 0.495 e. The molecule has 1 N–H and O–H groups in total. The third kappa shape index (κ3) is 3.87. The fourth-order valence-electron chi connectivity index (χ4n) is 2.10. The van der Waals surface area contributed by atoms with Gasteiger partial charge in [0.25, 0.3) is 0 Å². The van der Waals surface area contributed by atoms with E-state index < -0.39 is 0 Å². The van der Waals surface area contributed by atoms with Crippen LogP contribution in [0.25, 0.3) is 0 Å². The van der Waals surface area contributed by atoms with E-state index in [-0.39, 0.29) is 18.4 Å². The summed E-state index contributed by atoms with van der Waals surface area (Å²) in [7, 11) is 1.55. The molecule has 1 heterocycles. The first-order valence-corrected chi connectivity index (χ1v) is 7.36. The lowest BCUT2D eigenvalue weighted by atomic mass is 10.2. The van der Waals surface area contributed by atoms with Crippen molar-refractivity contribution < 1.29 is 19.1 Å². The van der Waals surface area contributed by atoms with Crippen molar-refractivity contribution in [3.63, 3.8) is 0 Å². The average Bonchev–Trinajstić information content (AvgIpc) is 2.84. The molecule has 7 heteroatoms. The van der Waals surface area contributed by atoms with Gasteiger partial charge < -0.3 is 19.7 Å². The Morgan fingerprint density at radius 1 is 1.52 bits per heavy atom. The Morgan fingerprint density at radius 3 is 2.90 bits per heavy atom. The molecule has 0 aliphatic carbocycles. The number of benzene rings is 1. The van der Waals surface area contributed by atoms with Gasteiger partial charge in [-0.1, -0.05) is 15.9 Å². The van der Waals surface area contributed by atoms with E-state index in [1.54, 1.807) is 13.2 Å². The van der Waals surface area contributed by atoms with Crippen LogP contribution >= 0.6 is 15.9 Å². The van der Waals surface area contributed by atoms with Crippen LogP contribution in [0.3, 0.4) is 0 Å². The van der Waals surface area contributed by atoms with Crippen molar-refractivity contribution in [3.8, 4) is 5.75 Å². The van der Waals surface area contributed by atoms with Crippen molar-refractivity contribution >= 4 is 33.6 Å². The maximum Gasteiger partial charge on any atom is 0.409 e. The Kier molecular flexibility index (Phi) is 5.06. The molecule has 0 unspecified atom stereocenters. The van der Waals surface area contributed by atoms with Crippen molar-refractivity contribution in [2.75, 3.05) is 32.1 Å². The first-order valence-electron chi connectivity index (χ1n) is 6.57. The zero-order chi connectivity index (χ0) is 15.4. The number of carbonyl (C=O) groups is 2. The van der Waals surface area contributed by atoms with Gasteiger partial charge in [0.05, 0.1) is 19.3 Å². The van der Waals surface area contributed by atoms with Gasteiger partial charge in [-0.15, -0.1) is 0 Å². The van der Waals surface area contributed by atoms with Crippen molar-refractivity contribution in [1.82, 2.24) is 4.90 Å². The molecule has 2 amide bonds. The summed E-state index contributed by atoms with van der Waals surface area (Å²) in [5.41, 5.74) is 1.55. The minimum atomic E-state index is -0.361. The summed E-state index contributed by atoms with van der Waals surface area (Å²) in [6, 6.07) is 3.69. The Labute approximate surface area is 131 Å². The van der Waals surface area contributed by atoms with Crippen molar-refractivity contribution in [2.24, 2.45) is 0 Å². The van der Waals surface area contributed by atoms with E-state index in [1.807, 2.05) is 13.0 Å². The molecule has 0 atom stereocenters. The number of ether oxygens (including phenoxy) is 2. The number of hydrogen-bond acceptors (Lipinski definition) is 4. The molecule has 6 nitrogen and oxygen atoms in total. The molecule has 114 valence electrons. The molecule has 0 aromatic heterocycles. The number of carbonyl (C=O) groups excluding carboxylic acids is 2. The van der Waals surface area contributed by atoms with Gasteiger partial charge in [-0.25, -0.2) is 4.79 Å². The zero-order valence-electron chi connectivity index (χ0n) is 11.9. The molecule has 1 aliphatic rings. The minimum absolute atomic E-state index is 0.168. The predicted octanol–water partition coefficient (Wildman–Crippen LogP) is 2.55. The fourth-order valence-corrected chi connectivity index (χ4v) is 2.65. The lowest BCUT2D eigenvalue weighted by Crippen LogP contribution is -2.28. The van der Waals surface area contributed by atoms with E-state index in [0.29, 0.717) is 31.1 Å². The van der Waals surface area contributed by atoms with Gasteiger partial charge in [0, 0.05) is 17.4 Å². The maximum absolute atomic E-state index is 12.0. The number of halogens is 1. The van der Waals surface area contributed by atoms with Gasteiger partial charge in [0.15, 0.2) is 0 Å². The summed E-state index contributed by atoms with van der Waals surface area (Å²) in [5, 5.41) is 2.83. The molecule has 0 bridgehead atoms. The number of aryl methyl sites for hydroxylation is 1. The van der Waals surface area contributed by atoms with Gasteiger partial charge in [-0.05, 0) is 24.6 Å². The highest BCUT2D eigenvalue weighted by Gasteiger charge is 2.22. The van der Waals surface area contributed by atoms with Crippen molar-refractivity contribution in [1.29, 1.82) is 0 Å². The van der Waals surface area contributed by atoms with E-state index in [2.05, 4.69) is 21.2 Å². The highest BCUT2D eigenvalue weighted by atomic mass is 79.9. The molecule has 1 aromatic carbocycles. The van der Waals surface area contributed by atoms with Gasteiger partial charge >= 0.3 is 6.09 Å². The van der Waals surface area contributed by atoms with E-state index in [9.17, 15) is 9.59 Å². The highest BCUT2D eigenvalue weighted by molar-refractivity contribution is 9.10. The number of hydrogen-bond donors (Lipinski definition) is 1. The molecule has 0 saturated carbocycles. The van der Waals surface area contributed by atoms with Crippen LogP contribution < -0.4 is 10.1 Å². The molecule has 0 spiro atoms. The molecular formula is C14H17BrN2O4. The van der Waals surface area contributed by atoms with E-state index >= 15 is 0 Å². The zero-order valence-corrected chi connectivity index (χ0v) is 13.5. The molecule has 2 rings (SSSR count). The number of anilines is 1. The third-order valence-electron chi connectivity index (χ3n) is 3.20. The summed E-state index contributed by atoms with van der Waals surface area (Å²) in [6.45, 7) is 3.16. The Balaban J connectivity index is 1.98. The Hall–Kier alpha value is -1.76. The predicted molar refractivity (Wildman–Crippen MR) is 81.6 cm³/mol. The van der Waals surface area contributed by atoms with Crippen molar-refractivity contribution in [3.05, 3.63) is 22.2 Å². The first kappa shape index (κ1) is 15.6. The van der Waals surface area contributed by atoms with Gasteiger partial charge in [0.1, 0.15) is 12.4 Å². The number of amides is 2. The molecule has 1 fully saturated rings. The van der Waals surface area contributed by atoms with Crippen LogP contribution in [-0.4, -0.2) is 43.7 Å². The second kappa shape index (κ2) is 6.80. The van der Waals surface area contributed by atoms with E-state index in [0.717, 1.165) is 10.0 Å². The quantitative estimate of drug-likeness (QED) is 0.880. The summed E-state index contributed by atoms with van der Waals surface area (Å²) in [4.78, 5) is 24.8.